The summed E-state index contributed by atoms with van der Waals surface area (Å²) in [6, 6.07) is 93.5. The Bertz CT molecular complexity index is 4750. The molecule has 0 fully saturated rings. The van der Waals surface area contributed by atoms with E-state index in [-0.39, 0.29) is 23.3 Å². The maximum absolute atomic E-state index is 14.9. The standard InChI is InChI=1S/2C39H26F2N3OP/c40-32-22-18-29(19-23-32)38-42-37(43-39(44-38)30-20-24-33(41)25-21-30)28-16-14-27(15-17-28)31-8-7-13-36(26-31)46(45,34-9-3-1-4-10-34)35-11-5-2-6-12-35;40-32-21-15-30(16-22-32)38-42-37(43-39(44-38)31-17-23-33(41)24-18-31)29-13-11-27(12-14-29)28-19-25-36(26-20-28)46(45,34-7-3-1-4-8-34)35-9-5-2-6-10-35/h2*1-26H. The summed E-state index contributed by atoms with van der Waals surface area (Å²) in [5, 5.41) is 4.63. The van der Waals surface area contributed by atoms with Gasteiger partial charge in [-0.15, -0.1) is 0 Å². The van der Waals surface area contributed by atoms with E-state index in [4.69, 9.17) is 19.9 Å². The Morgan fingerprint density at radius 2 is 0.380 bits per heavy atom. The second kappa shape index (κ2) is 26.5. The molecule has 0 aliphatic heterocycles. The first-order valence-electron chi connectivity index (χ1n) is 29.4. The van der Waals surface area contributed by atoms with E-state index in [1.165, 1.54) is 48.5 Å². The molecule has 2 aromatic heterocycles. The molecule has 14 heteroatoms. The van der Waals surface area contributed by atoms with Crippen molar-refractivity contribution in [1.82, 2.24) is 29.9 Å². The normalized spacial score (nSPS) is 11.3. The molecule has 14 aromatic rings. The van der Waals surface area contributed by atoms with Crippen molar-refractivity contribution in [2.75, 3.05) is 0 Å². The minimum atomic E-state index is -3.13. The van der Waals surface area contributed by atoms with E-state index in [0.29, 0.717) is 57.2 Å². The highest BCUT2D eigenvalue weighted by Gasteiger charge is 2.31. The Labute approximate surface area is 529 Å². The molecule has 0 saturated carbocycles. The lowest BCUT2D eigenvalue weighted by atomic mass is 10.0. The first-order valence-corrected chi connectivity index (χ1v) is 32.8. The van der Waals surface area contributed by atoms with Gasteiger partial charge in [0.2, 0.25) is 0 Å². The molecule has 8 nitrogen and oxygen atoms in total. The molecule has 0 spiro atoms. The van der Waals surface area contributed by atoms with Gasteiger partial charge in [-0.1, -0.05) is 212 Å². The molecule has 0 amide bonds. The van der Waals surface area contributed by atoms with Crippen LogP contribution in [0.15, 0.2) is 315 Å². The minimum Gasteiger partial charge on any atom is -0.309 e. The number of halogens is 4. The van der Waals surface area contributed by atoms with Gasteiger partial charge in [-0.25, -0.2) is 47.5 Å². The lowest BCUT2D eigenvalue weighted by Crippen LogP contribution is -2.25. The van der Waals surface area contributed by atoms with Gasteiger partial charge in [0.25, 0.3) is 0 Å². The smallest absolute Gasteiger partial charge is 0.171 e. The fraction of sp³-hybridized carbons (Fsp3) is 0. The fourth-order valence-corrected chi connectivity index (χ4v) is 16.1. The lowest BCUT2D eigenvalue weighted by molar-refractivity contribution is 0.591. The Balaban J connectivity index is 0.000000168. The van der Waals surface area contributed by atoms with Crippen LogP contribution >= 0.6 is 14.3 Å². The zero-order valence-corrected chi connectivity index (χ0v) is 50.7. The predicted molar refractivity (Wildman–Crippen MR) is 362 cm³/mol. The van der Waals surface area contributed by atoms with Crippen molar-refractivity contribution in [1.29, 1.82) is 0 Å². The number of hydrogen-bond donors (Lipinski definition) is 0. The largest absolute Gasteiger partial charge is 0.309 e. The quantitative estimate of drug-likeness (QED) is 0.0782. The summed E-state index contributed by atoms with van der Waals surface area (Å²) in [7, 11) is -6.20. The van der Waals surface area contributed by atoms with Crippen LogP contribution in [0, 0.1) is 23.3 Å². The van der Waals surface area contributed by atoms with Gasteiger partial charge < -0.3 is 9.13 Å². The van der Waals surface area contributed by atoms with Crippen LogP contribution in [0.4, 0.5) is 17.6 Å². The summed E-state index contributed by atoms with van der Waals surface area (Å²) in [5.41, 5.74) is 7.82. The van der Waals surface area contributed by atoms with Crippen LogP contribution in [0.25, 0.3) is 90.6 Å². The Kier molecular flexibility index (Phi) is 17.2. The average Bonchev–Trinajstić information content (AvgIpc) is 0.989. The first-order chi connectivity index (χ1) is 44.9. The van der Waals surface area contributed by atoms with E-state index in [9.17, 15) is 26.7 Å². The van der Waals surface area contributed by atoms with Crippen molar-refractivity contribution in [3.05, 3.63) is 339 Å². The van der Waals surface area contributed by atoms with Crippen molar-refractivity contribution < 1.29 is 26.7 Å². The minimum absolute atomic E-state index is 0.358. The third kappa shape index (κ3) is 12.8. The SMILES string of the molecule is O=P(c1ccccc1)(c1ccccc1)c1ccc(-c2ccc(-c3nc(-c4ccc(F)cc4)nc(-c4ccc(F)cc4)n3)cc2)cc1.O=P(c1ccccc1)(c1ccccc1)c1cccc(-c2ccc(-c3nc(-c4ccc(F)cc4)nc(-c4ccc(F)cc4)n3)cc2)c1. The van der Waals surface area contributed by atoms with Crippen LogP contribution in [0.2, 0.25) is 0 Å². The summed E-state index contributed by atoms with van der Waals surface area (Å²) >= 11 is 0. The molecule has 0 N–H and O–H groups in total. The molecule has 12 aromatic carbocycles. The fourth-order valence-electron chi connectivity index (χ4n) is 10.7. The van der Waals surface area contributed by atoms with Crippen LogP contribution in [0.1, 0.15) is 0 Å². The number of benzene rings is 12. The second-order valence-corrected chi connectivity index (χ2v) is 27.0. The van der Waals surface area contributed by atoms with Crippen molar-refractivity contribution in [2.24, 2.45) is 0 Å². The maximum atomic E-state index is 14.9. The predicted octanol–water partition coefficient (Wildman–Crippen LogP) is 16.9. The molecule has 0 radical (unpaired) electrons. The van der Waals surface area contributed by atoms with Gasteiger partial charge in [0.05, 0.1) is 0 Å². The molecular weight excluding hydrogens is 1190 g/mol. The van der Waals surface area contributed by atoms with Crippen LogP contribution < -0.4 is 31.8 Å². The van der Waals surface area contributed by atoms with Crippen molar-refractivity contribution >= 4 is 46.1 Å². The van der Waals surface area contributed by atoms with Crippen LogP contribution in [0.5, 0.6) is 0 Å². The van der Waals surface area contributed by atoms with Crippen molar-refractivity contribution in [3.63, 3.8) is 0 Å². The maximum Gasteiger partial charge on any atom is 0.171 e. The Morgan fingerprint density at radius 1 is 0.185 bits per heavy atom. The topological polar surface area (TPSA) is 111 Å². The van der Waals surface area contributed by atoms with Crippen LogP contribution in [-0.4, -0.2) is 29.9 Å². The van der Waals surface area contributed by atoms with E-state index in [1.807, 2.05) is 218 Å². The van der Waals surface area contributed by atoms with Crippen molar-refractivity contribution in [3.8, 4) is 90.6 Å². The van der Waals surface area contributed by atoms with Gasteiger partial charge in [-0.3, -0.25) is 0 Å². The molecule has 0 atom stereocenters. The number of nitrogens with zero attached hydrogens (tertiary/aromatic N) is 6. The molecular formula is C78H52F4N6O2P2. The zero-order valence-electron chi connectivity index (χ0n) is 48.9. The van der Waals surface area contributed by atoms with Gasteiger partial charge in [-0.2, -0.15) is 0 Å². The van der Waals surface area contributed by atoms with E-state index >= 15 is 0 Å². The molecule has 0 aliphatic rings. The molecule has 0 aliphatic carbocycles. The van der Waals surface area contributed by atoms with E-state index < -0.39 is 14.3 Å². The van der Waals surface area contributed by atoms with Crippen LogP contribution in [0.3, 0.4) is 0 Å². The highest BCUT2D eigenvalue weighted by molar-refractivity contribution is 7.85. The third-order valence-electron chi connectivity index (χ3n) is 15.6. The number of aromatic nitrogens is 6. The average molecular weight is 1240 g/mol. The van der Waals surface area contributed by atoms with Crippen molar-refractivity contribution in [2.45, 2.75) is 0 Å². The van der Waals surface area contributed by atoms with E-state index in [2.05, 4.69) is 9.97 Å². The van der Waals surface area contributed by atoms with Gasteiger partial charge in [0.1, 0.15) is 23.3 Å². The molecule has 444 valence electrons. The number of hydrogen-bond acceptors (Lipinski definition) is 8. The first kappa shape index (κ1) is 59.8. The summed E-state index contributed by atoms with van der Waals surface area (Å²) in [6.07, 6.45) is 0. The second-order valence-electron chi connectivity index (χ2n) is 21.5. The molecule has 14 rings (SSSR count). The van der Waals surface area contributed by atoms with E-state index in [0.717, 1.165) is 65.2 Å². The molecule has 0 unspecified atom stereocenters. The van der Waals surface area contributed by atoms with E-state index in [1.54, 1.807) is 48.5 Å². The summed E-state index contributed by atoms with van der Waals surface area (Å²) in [6.45, 7) is 0. The number of rotatable bonds is 14. The lowest BCUT2D eigenvalue weighted by Gasteiger charge is -2.20. The monoisotopic (exact) mass is 1240 g/mol. The Morgan fingerprint density at radius 3 is 0.652 bits per heavy atom. The van der Waals surface area contributed by atoms with Gasteiger partial charge >= 0.3 is 0 Å². The van der Waals surface area contributed by atoms with Crippen LogP contribution in [-0.2, 0) is 9.13 Å². The molecule has 92 heavy (non-hydrogen) atoms. The van der Waals surface area contributed by atoms with Gasteiger partial charge in [0, 0.05) is 65.2 Å². The van der Waals surface area contributed by atoms with Gasteiger partial charge in [-0.05, 0) is 125 Å². The highest BCUT2D eigenvalue weighted by Crippen LogP contribution is 2.44. The summed E-state index contributed by atoms with van der Waals surface area (Å²) in [5.74, 6) is 0.925. The molecule has 0 bridgehead atoms. The zero-order chi connectivity index (χ0) is 63.0. The highest BCUT2D eigenvalue weighted by atomic mass is 31.2. The van der Waals surface area contributed by atoms with Gasteiger partial charge in [0.15, 0.2) is 49.2 Å². The summed E-state index contributed by atoms with van der Waals surface area (Å²) in [4.78, 5) is 28.0. The Hall–Kier alpha value is -11.2. The summed E-state index contributed by atoms with van der Waals surface area (Å²) < 4.78 is 84.2. The third-order valence-corrected chi connectivity index (χ3v) is 21.7. The molecule has 0 saturated heterocycles. The molecule has 2 heterocycles.